The molecule has 0 amide bonds. The molecule has 0 aromatic rings. The topological polar surface area (TPSA) is 213 Å². The summed E-state index contributed by atoms with van der Waals surface area (Å²) < 4.78 is 66.2. The molecule has 0 bridgehead atoms. The van der Waals surface area contributed by atoms with E-state index < -0.39 is 112 Å². The van der Waals surface area contributed by atoms with Crippen LogP contribution in [0.5, 0.6) is 0 Å². The molecule has 76 heavy (non-hydrogen) atoms. The van der Waals surface area contributed by atoms with Gasteiger partial charge in [-0.3, -0.25) is 9.59 Å². The highest BCUT2D eigenvalue weighted by molar-refractivity contribution is 5.73. The van der Waals surface area contributed by atoms with E-state index in [0.29, 0.717) is 12.8 Å². The molecule has 0 spiro atoms. The van der Waals surface area contributed by atoms with Crippen molar-refractivity contribution in [3.05, 3.63) is 12.2 Å². The van der Waals surface area contributed by atoms with Gasteiger partial charge in [0.15, 0.2) is 30.7 Å². The molecule has 0 aromatic carbocycles. The van der Waals surface area contributed by atoms with Crippen molar-refractivity contribution >= 4 is 35.8 Å². The Morgan fingerprint density at radius 1 is 0.461 bits per heavy atom. The fourth-order valence-corrected chi connectivity index (χ4v) is 9.37. The first kappa shape index (κ1) is 68.4. The molecular weight excluding hydrogens is 985 g/mol. The van der Waals surface area contributed by atoms with Gasteiger partial charge in [0.05, 0.1) is 6.61 Å². The molecule has 1 aliphatic heterocycles. The monoisotopic (exact) mass is 1080 g/mol. The Labute approximate surface area is 455 Å². The summed E-state index contributed by atoms with van der Waals surface area (Å²) in [7, 11) is 5.08. The van der Waals surface area contributed by atoms with E-state index in [2.05, 4.69) is 26.0 Å². The van der Waals surface area contributed by atoms with Crippen LogP contribution in [0.25, 0.3) is 0 Å². The lowest BCUT2D eigenvalue weighted by Gasteiger charge is -2.44. The van der Waals surface area contributed by atoms with Crippen LogP contribution in [0.1, 0.15) is 200 Å². The highest BCUT2D eigenvalue weighted by Gasteiger charge is 2.53. The van der Waals surface area contributed by atoms with Gasteiger partial charge in [-0.05, 0) is 56.8 Å². The van der Waals surface area contributed by atoms with Crippen LogP contribution in [0.3, 0.4) is 0 Å². The van der Waals surface area contributed by atoms with E-state index in [0.717, 1.165) is 69.6 Å². The molecule has 18 nitrogen and oxygen atoms in total. The molecular formula is C58H100O18. The van der Waals surface area contributed by atoms with Gasteiger partial charge in [0.25, 0.3) is 0 Å². The first-order valence-electron chi connectivity index (χ1n) is 29.0. The van der Waals surface area contributed by atoms with Crippen LogP contribution < -0.4 is 0 Å². The molecule has 440 valence electrons. The first-order valence-corrected chi connectivity index (χ1v) is 29.0. The van der Waals surface area contributed by atoms with Crippen LogP contribution in [0.2, 0.25) is 0 Å². The average Bonchev–Trinajstić information content (AvgIpc) is 4.15. The first-order chi connectivity index (χ1) is 37.0. The van der Waals surface area contributed by atoms with Crippen molar-refractivity contribution in [2.45, 2.75) is 237 Å². The molecule has 1 aliphatic carbocycles. The van der Waals surface area contributed by atoms with Gasteiger partial charge >= 0.3 is 35.8 Å². The third-order valence-corrected chi connectivity index (χ3v) is 13.6. The normalized spacial score (nSPS) is 20.5. The molecule has 1 saturated carbocycles. The van der Waals surface area contributed by atoms with Crippen molar-refractivity contribution in [1.82, 2.24) is 0 Å². The number of carbonyl (C=O) groups is 6. The van der Waals surface area contributed by atoms with Crippen molar-refractivity contribution in [3.63, 3.8) is 0 Å². The minimum Gasteiger partial charge on any atom is -0.462 e. The molecule has 0 N–H and O–H groups in total. The number of ether oxygens (including phenoxy) is 12. The summed E-state index contributed by atoms with van der Waals surface area (Å²) in [5.41, 5.74) is 0. The lowest BCUT2D eigenvalue weighted by molar-refractivity contribution is -0.313. The van der Waals surface area contributed by atoms with Crippen molar-refractivity contribution in [2.75, 3.05) is 74.7 Å². The van der Waals surface area contributed by atoms with Crippen LogP contribution in [0, 0.1) is 11.8 Å². The van der Waals surface area contributed by atoms with Gasteiger partial charge in [-0.2, -0.15) is 0 Å². The number of carbonyl (C=O) groups excluding carboxylic acids is 6. The van der Waals surface area contributed by atoms with Crippen molar-refractivity contribution in [2.24, 2.45) is 11.8 Å². The largest absolute Gasteiger partial charge is 0.462 e. The van der Waals surface area contributed by atoms with Gasteiger partial charge in [-0.25, -0.2) is 19.2 Å². The number of hydrogen-bond acceptors (Lipinski definition) is 18. The number of methoxy groups -OCH3 is 4. The Morgan fingerprint density at radius 3 is 1.41 bits per heavy atom. The number of unbranched alkanes of at least 4 members (excludes halogenated alkanes) is 20. The molecule has 0 unspecified atom stereocenters. The minimum atomic E-state index is -1.65. The fraction of sp³-hybridized carbons (Fsp3) is 0.862. The summed E-state index contributed by atoms with van der Waals surface area (Å²) in [6.45, 7) is 1.05. The Morgan fingerprint density at radius 2 is 0.895 bits per heavy atom. The van der Waals surface area contributed by atoms with Crippen LogP contribution in [0.4, 0.5) is 0 Å². The van der Waals surface area contributed by atoms with Gasteiger partial charge in [0.2, 0.25) is 0 Å². The lowest BCUT2D eigenvalue weighted by Crippen LogP contribution is -2.63. The maximum absolute atomic E-state index is 13.4. The number of hydrogen-bond donors (Lipinski definition) is 0. The fourth-order valence-electron chi connectivity index (χ4n) is 9.37. The Hall–Kier alpha value is -3.68. The zero-order valence-electron chi connectivity index (χ0n) is 47.6. The van der Waals surface area contributed by atoms with E-state index in [-0.39, 0.29) is 19.4 Å². The average molecular weight is 1090 g/mol. The van der Waals surface area contributed by atoms with E-state index in [1.807, 2.05) is 0 Å². The van der Waals surface area contributed by atoms with Crippen LogP contribution >= 0.6 is 0 Å². The molecule has 2 fully saturated rings. The molecule has 1 saturated heterocycles. The second-order valence-corrected chi connectivity index (χ2v) is 20.4. The van der Waals surface area contributed by atoms with Crippen LogP contribution in [-0.2, 0) is 85.6 Å². The highest BCUT2D eigenvalue weighted by atomic mass is 16.7. The molecule has 2 rings (SSSR count). The SMILES string of the molecule is CCCCCCCC/C=C\CCCCCCCC(=O)O[C@H](COC(=O)CCCCCCC[C@@H]1C[C@@H]1CCCCCCCC)CO[C@H]1O[C@H](COC(=O)COC)[C@@H](OC(=O)COC)[C@H](OC(=O)COC)[C@H]1OC(=O)COC. The van der Waals surface area contributed by atoms with Gasteiger partial charge in [-0.15, -0.1) is 0 Å². The lowest BCUT2D eigenvalue weighted by atomic mass is 9.98. The summed E-state index contributed by atoms with van der Waals surface area (Å²) in [5, 5.41) is 0. The standard InChI is InChI=1S/C58H100O18/c1-7-9-11-13-15-16-17-18-19-20-21-22-23-27-32-36-50(60)72-47(38-69-49(59)35-31-28-24-26-30-34-46-37-45(46)33-29-25-14-12-10-8-2)39-71-58-57(76-54(64)44-68-6)56(75-53(63)43-67-5)55(74-52(62)42-66-4)48(73-58)40-70-51(61)41-65-3/h18-19,45-48,55-58H,7-17,20-44H2,1-6H3/b19-18-/t45-,46+,47+,48+,55+,56-,57+,58-/m0/s1. The predicted molar refractivity (Wildman–Crippen MR) is 285 cm³/mol. The third-order valence-electron chi connectivity index (χ3n) is 13.6. The molecule has 1 heterocycles. The molecule has 8 atom stereocenters. The Balaban J connectivity index is 2.12. The van der Waals surface area contributed by atoms with E-state index >= 15 is 0 Å². The second kappa shape index (κ2) is 45.2. The predicted octanol–water partition coefficient (Wildman–Crippen LogP) is 10.2. The molecule has 2 aliphatic rings. The molecule has 18 heteroatoms. The highest BCUT2D eigenvalue weighted by Crippen LogP contribution is 2.46. The molecule has 0 radical (unpaired) electrons. The third kappa shape index (κ3) is 33.6. The second-order valence-electron chi connectivity index (χ2n) is 20.4. The number of esters is 6. The van der Waals surface area contributed by atoms with Gasteiger partial charge in [0.1, 0.15) is 45.7 Å². The Bertz CT molecular complexity index is 1570. The number of rotatable bonds is 49. The smallest absolute Gasteiger partial charge is 0.332 e. The zero-order chi connectivity index (χ0) is 55.4. The van der Waals surface area contributed by atoms with Crippen LogP contribution in [0.15, 0.2) is 12.2 Å². The van der Waals surface area contributed by atoms with Crippen molar-refractivity contribution < 1.29 is 85.6 Å². The van der Waals surface area contributed by atoms with Crippen molar-refractivity contribution in [1.29, 1.82) is 0 Å². The van der Waals surface area contributed by atoms with Gasteiger partial charge < -0.3 is 56.8 Å². The summed E-state index contributed by atoms with van der Waals surface area (Å²) in [6.07, 6.45) is 27.2. The zero-order valence-corrected chi connectivity index (χ0v) is 47.6. The quantitative estimate of drug-likeness (QED) is 0.0240. The van der Waals surface area contributed by atoms with E-state index in [9.17, 15) is 28.8 Å². The van der Waals surface area contributed by atoms with E-state index in [1.165, 1.54) is 131 Å². The van der Waals surface area contributed by atoms with Gasteiger partial charge in [-0.1, -0.05) is 154 Å². The summed E-state index contributed by atoms with van der Waals surface area (Å²) in [5.74, 6) is -2.78. The minimum absolute atomic E-state index is 0.112. The van der Waals surface area contributed by atoms with E-state index in [1.54, 1.807) is 0 Å². The van der Waals surface area contributed by atoms with Gasteiger partial charge in [0, 0.05) is 41.3 Å². The van der Waals surface area contributed by atoms with Crippen LogP contribution in [-0.4, -0.2) is 147 Å². The molecule has 0 aromatic heterocycles. The van der Waals surface area contributed by atoms with Crippen molar-refractivity contribution in [3.8, 4) is 0 Å². The van der Waals surface area contributed by atoms with E-state index in [4.69, 9.17) is 56.8 Å². The maximum Gasteiger partial charge on any atom is 0.332 e. The number of allylic oxidation sites excluding steroid dienone is 2. The summed E-state index contributed by atoms with van der Waals surface area (Å²) in [6, 6.07) is 0. The summed E-state index contributed by atoms with van der Waals surface area (Å²) in [4.78, 5) is 78.0. The summed E-state index contributed by atoms with van der Waals surface area (Å²) >= 11 is 0. The Kier molecular flexibility index (Phi) is 40.7. The maximum atomic E-state index is 13.4.